The number of aryl methyl sites for hydroxylation is 2. The highest BCUT2D eigenvalue weighted by atomic mass is 16.5. The molecular formula is C23H34N4O3. The van der Waals surface area contributed by atoms with Crippen LogP contribution >= 0.6 is 0 Å². The maximum absolute atomic E-state index is 12.3. The number of hydrazine groups is 1. The molecule has 7 nitrogen and oxygen atoms in total. The molecule has 1 heterocycles. The van der Waals surface area contributed by atoms with Crippen LogP contribution < -0.4 is 15.6 Å². The van der Waals surface area contributed by atoms with E-state index in [0.717, 1.165) is 34.6 Å². The van der Waals surface area contributed by atoms with E-state index in [2.05, 4.69) is 29.8 Å². The summed E-state index contributed by atoms with van der Waals surface area (Å²) in [4.78, 5) is 24.5. The summed E-state index contributed by atoms with van der Waals surface area (Å²) in [6, 6.07) is 5.70. The second-order valence-electron chi connectivity index (χ2n) is 8.22. The van der Waals surface area contributed by atoms with Crippen molar-refractivity contribution in [3.63, 3.8) is 0 Å². The van der Waals surface area contributed by atoms with Crippen LogP contribution in [0.2, 0.25) is 0 Å². The minimum Gasteiger partial charge on any atom is -0.481 e. The average Bonchev–Trinajstić information content (AvgIpc) is 2.94. The van der Waals surface area contributed by atoms with Crippen molar-refractivity contribution < 1.29 is 14.3 Å². The van der Waals surface area contributed by atoms with Crippen molar-refractivity contribution in [2.75, 3.05) is 0 Å². The van der Waals surface area contributed by atoms with Gasteiger partial charge in [-0.15, -0.1) is 0 Å². The Bertz CT molecular complexity index is 902. The van der Waals surface area contributed by atoms with Crippen LogP contribution in [0.3, 0.4) is 0 Å². The lowest BCUT2D eigenvalue weighted by atomic mass is 10.1. The van der Waals surface area contributed by atoms with E-state index in [1.54, 1.807) is 6.92 Å². The molecule has 0 radical (unpaired) electrons. The number of hydrogen-bond acceptors (Lipinski definition) is 4. The first-order chi connectivity index (χ1) is 14.1. The maximum Gasteiger partial charge on any atom is 0.279 e. The predicted octanol–water partition coefficient (Wildman–Crippen LogP) is 3.32. The van der Waals surface area contributed by atoms with Crippen molar-refractivity contribution >= 4 is 11.8 Å². The zero-order valence-corrected chi connectivity index (χ0v) is 19.1. The number of rotatable bonds is 8. The van der Waals surface area contributed by atoms with Gasteiger partial charge in [0.1, 0.15) is 5.75 Å². The first-order valence-electron chi connectivity index (χ1n) is 10.4. The summed E-state index contributed by atoms with van der Waals surface area (Å²) < 4.78 is 7.74. The van der Waals surface area contributed by atoms with Gasteiger partial charge in [-0.1, -0.05) is 26.0 Å². The standard InChI is InChI=1S/C23H34N4O3/c1-14(2)13-27-18(6)20(17(5)26-27)11-12-22(28)24-25-23(29)19(7)30-21-10-8-9-15(3)16(21)4/h8-10,14,19H,11-13H2,1-7H3,(H,24,28)(H,25,29). The molecule has 0 aliphatic heterocycles. The van der Waals surface area contributed by atoms with E-state index >= 15 is 0 Å². The lowest BCUT2D eigenvalue weighted by Gasteiger charge is -2.17. The molecule has 164 valence electrons. The third-order valence-electron chi connectivity index (χ3n) is 5.22. The zero-order valence-electron chi connectivity index (χ0n) is 19.1. The molecule has 1 aromatic carbocycles. The highest BCUT2D eigenvalue weighted by molar-refractivity contribution is 5.84. The van der Waals surface area contributed by atoms with Gasteiger partial charge in [0.2, 0.25) is 5.91 Å². The van der Waals surface area contributed by atoms with E-state index in [1.165, 1.54) is 0 Å². The molecule has 0 aliphatic carbocycles. The lowest BCUT2D eigenvalue weighted by molar-refractivity contribution is -0.132. The molecule has 0 aliphatic rings. The van der Waals surface area contributed by atoms with Crippen LogP contribution in [0.4, 0.5) is 0 Å². The number of amides is 2. The molecule has 0 bridgehead atoms. The molecule has 7 heteroatoms. The molecule has 30 heavy (non-hydrogen) atoms. The molecule has 0 saturated heterocycles. The van der Waals surface area contributed by atoms with Crippen LogP contribution in [-0.4, -0.2) is 27.7 Å². The number of benzene rings is 1. The highest BCUT2D eigenvalue weighted by Gasteiger charge is 2.18. The van der Waals surface area contributed by atoms with Gasteiger partial charge in [-0.3, -0.25) is 25.1 Å². The average molecular weight is 415 g/mol. The SMILES string of the molecule is Cc1cccc(OC(C)C(=O)NNC(=O)CCc2c(C)nn(CC(C)C)c2C)c1C. The first-order valence-corrected chi connectivity index (χ1v) is 10.4. The summed E-state index contributed by atoms with van der Waals surface area (Å²) >= 11 is 0. The summed E-state index contributed by atoms with van der Waals surface area (Å²) in [6.07, 6.45) is 0.109. The van der Waals surface area contributed by atoms with Crippen LogP contribution in [0.15, 0.2) is 18.2 Å². The van der Waals surface area contributed by atoms with Gasteiger partial charge in [0, 0.05) is 18.7 Å². The van der Waals surface area contributed by atoms with E-state index < -0.39 is 12.0 Å². The summed E-state index contributed by atoms with van der Waals surface area (Å²) in [5.41, 5.74) is 10.1. The number of nitrogens with zero attached hydrogens (tertiary/aromatic N) is 2. The van der Waals surface area contributed by atoms with Gasteiger partial charge in [0.05, 0.1) is 5.69 Å². The van der Waals surface area contributed by atoms with Crippen molar-refractivity contribution in [3.8, 4) is 5.75 Å². The molecule has 0 saturated carbocycles. The zero-order chi connectivity index (χ0) is 22.4. The third-order valence-corrected chi connectivity index (χ3v) is 5.22. The quantitative estimate of drug-likeness (QED) is 0.649. The molecule has 1 atom stereocenters. The van der Waals surface area contributed by atoms with Crippen molar-refractivity contribution in [2.24, 2.45) is 5.92 Å². The van der Waals surface area contributed by atoms with Crippen molar-refractivity contribution in [2.45, 2.75) is 74.0 Å². The monoisotopic (exact) mass is 414 g/mol. The van der Waals surface area contributed by atoms with Crippen molar-refractivity contribution in [3.05, 3.63) is 46.3 Å². The van der Waals surface area contributed by atoms with Gasteiger partial charge in [0.25, 0.3) is 5.91 Å². The third kappa shape index (κ3) is 6.08. The van der Waals surface area contributed by atoms with E-state index in [9.17, 15) is 9.59 Å². The second-order valence-corrected chi connectivity index (χ2v) is 8.22. The predicted molar refractivity (Wildman–Crippen MR) is 117 cm³/mol. The lowest BCUT2D eigenvalue weighted by Crippen LogP contribution is -2.47. The molecule has 1 unspecified atom stereocenters. The Morgan fingerprint density at radius 2 is 1.80 bits per heavy atom. The fourth-order valence-electron chi connectivity index (χ4n) is 3.25. The Morgan fingerprint density at radius 3 is 2.47 bits per heavy atom. The Hall–Kier alpha value is -2.83. The van der Waals surface area contributed by atoms with Crippen LogP contribution in [0.25, 0.3) is 0 Å². The largest absolute Gasteiger partial charge is 0.481 e. The number of hydrogen-bond donors (Lipinski definition) is 2. The van der Waals surface area contributed by atoms with Gasteiger partial charge in [-0.2, -0.15) is 5.10 Å². The van der Waals surface area contributed by atoms with Gasteiger partial charge >= 0.3 is 0 Å². The van der Waals surface area contributed by atoms with Crippen molar-refractivity contribution in [1.29, 1.82) is 0 Å². The van der Waals surface area contributed by atoms with Crippen molar-refractivity contribution in [1.82, 2.24) is 20.6 Å². The molecule has 2 rings (SSSR count). The molecular weight excluding hydrogens is 380 g/mol. The normalized spacial score (nSPS) is 12.0. The van der Waals surface area contributed by atoms with Gasteiger partial charge < -0.3 is 4.74 Å². The summed E-state index contributed by atoms with van der Waals surface area (Å²) in [6.45, 7) is 14.7. The number of ether oxygens (including phenoxy) is 1. The van der Waals surface area contributed by atoms with Crippen LogP contribution in [0.5, 0.6) is 5.75 Å². The van der Waals surface area contributed by atoms with Gasteiger partial charge in [0.15, 0.2) is 6.10 Å². The molecule has 2 amide bonds. The van der Waals surface area contributed by atoms with Crippen LogP contribution in [0, 0.1) is 33.6 Å². The maximum atomic E-state index is 12.3. The fraction of sp³-hybridized carbons (Fsp3) is 0.522. The summed E-state index contributed by atoms with van der Waals surface area (Å²) in [5.74, 6) is 0.509. The summed E-state index contributed by atoms with van der Waals surface area (Å²) in [7, 11) is 0. The van der Waals surface area contributed by atoms with Crippen LogP contribution in [0.1, 0.15) is 55.3 Å². The Balaban J connectivity index is 1.84. The number of carbonyl (C=O) groups excluding carboxylic acids is 2. The van der Waals surface area contributed by atoms with Gasteiger partial charge in [-0.25, -0.2) is 0 Å². The number of aromatic nitrogens is 2. The van der Waals surface area contributed by atoms with Crippen LogP contribution in [-0.2, 0) is 22.6 Å². The second kappa shape index (κ2) is 10.3. The van der Waals surface area contributed by atoms with E-state index in [4.69, 9.17) is 4.74 Å². The Labute approximate surface area is 179 Å². The van der Waals surface area contributed by atoms with E-state index in [0.29, 0.717) is 18.1 Å². The first kappa shape index (κ1) is 23.4. The minimum atomic E-state index is -0.732. The Kier molecular flexibility index (Phi) is 8.03. The molecule has 2 N–H and O–H groups in total. The number of nitrogens with one attached hydrogen (secondary N) is 2. The molecule has 1 aromatic heterocycles. The fourth-order valence-corrected chi connectivity index (χ4v) is 3.25. The molecule has 0 spiro atoms. The highest BCUT2D eigenvalue weighted by Crippen LogP contribution is 2.21. The van der Waals surface area contributed by atoms with E-state index in [1.807, 2.05) is 50.6 Å². The molecule has 0 fully saturated rings. The minimum absolute atomic E-state index is 0.252. The Morgan fingerprint density at radius 1 is 1.10 bits per heavy atom. The smallest absolute Gasteiger partial charge is 0.279 e. The summed E-state index contributed by atoms with van der Waals surface area (Å²) in [5, 5.41) is 4.58. The topological polar surface area (TPSA) is 85.2 Å². The number of carbonyl (C=O) groups is 2. The van der Waals surface area contributed by atoms with E-state index in [-0.39, 0.29) is 12.3 Å². The molecule has 2 aromatic rings. The van der Waals surface area contributed by atoms with Gasteiger partial charge in [-0.05, 0) is 69.7 Å².